The number of halogens is 3. The summed E-state index contributed by atoms with van der Waals surface area (Å²) in [6.45, 7) is 3.47. The highest BCUT2D eigenvalue weighted by Gasteiger charge is 2.21. The first-order valence-electron chi connectivity index (χ1n) is 5.27. The normalized spacial score (nSPS) is 11.9. The van der Waals surface area contributed by atoms with Crippen molar-refractivity contribution in [3.63, 3.8) is 0 Å². The van der Waals surface area contributed by atoms with Crippen molar-refractivity contribution in [1.82, 2.24) is 9.55 Å². The van der Waals surface area contributed by atoms with Gasteiger partial charge < -0.3 is 10.3 Å². The fourth-order valence-electron chi connectivity index (χ4n) is 1.66. The van der Waals surface area contributed by atoms with Crippen LogP contribution in [0.2, 0.25) is 0 Å². The third kappa shape index (κ3) is 2.11. The minimum atomic E-state index is -1.49. The Morgan fingerprint density at radius 1 is 1.17 bits per heavy atom. The van der Waals surface area contributed by atoms with E-state index in [-0.39, 0.29) is 5.69 Å². The van der Waals surface area contributed by atoms with Gasteiger partial charge in [-0.1, -0.05) is 0 Å². The zero-order chi connectivity index (χ0) is 13.5. The number of hydrogen-bond acceptors (Lipinski definition) is 2. The molecule has 2 aromatic rings. The van der Waals surface area contributed by atoms with Crippen molar-refractivity contribution in [3.05, 3.63) is 47.8 Å². The van der Waals surface area contributed by atoms with Crippen molar-refractivity contribution in [2.75, 3.05) is 0 Å². The molecular formula is C12H12F3N3. The van der Waals surface area contributed by atoms with Gasteiger partial charge in [0.1, 0.15) is 0 Å². The number of hydrogen-bond donors (Lipinski definition) is 1. The number of nitrogens with zero attached hydrogens (tertiary/aromatic N) is 2. The largest absolute Gasteiger partial charge is 0.321 e. The maximum atomic E-state index is 13.2. The Labute approximate surface area is 102 Å². The van der Waals surface area contributed by atoms with Crippen molar-refractivity contribution >= 4 is 0 Å². The minimum absolute atomic E-state index is 0.137. The van der Waals surface area contributed by atoms with Crippen LogP contribution in [0.25, 0.3) is 5.69 Å². The highest BCUT2D eigenvalue weighted by Crippen LogP contribution is 2.23. The van der Waals surface area contributed by atoms with Crippen molar-refractivity contribution in [2.45, 2.75) is 19.4 Å². The Kier molecular flexibility index (Phi) is 2.90. The van der Waals surface area contributed by atoms with Gasteiger partial charge in [-0.15, -0.1) is 0 Å². The van der Waals surface area contributed by atoms with E-state index in [1.165, 1.54) is 17.1 Å². The molecule has 0 atom stereocenters. The van der Waals surface area contributed by atoms with E-state index >= 15 is 0 Å². The summed E-state index contributed by atoms with van der Waals surface area (Å²) in [5, 5.41) is 0. The molecular weight excluding hydrogens is 243 g/mol. The number of aromatic nitrogens is 2. The van der Waals surface area contributed by atoms with E-state index in [0.717, 1.165) is 12.1 Å². The SMILES string of the molecule is CC(C)(N)c1cncn1-c1cc(F)c(F)c(F)c1. The van der Waals surface area contributed by atoms with E-state index in [4.69, 9.17) is 5.73 Å². The third-order valence-corrected chi connectivity index (χ3v) is 2.55. The highest BCUT2D eigenvalue weighted by molar-refractivity contribution is 5.36. The number of imidazole rings is 1. The predicted molar refractivity (Wildman–Crippen MR) is 60.7 cm³/mol. The van der Waals surface area contributed by atoms with Crippen molar-refractivity contribution < 1.29 is 13.2 Å². The Morgan fingerprint density at radius 3 is 2.22 bits per heavy atom. The van der Waals surface area contributed by atoms with E-state index < -0.39 is 23.0 Å². The van der Waals surface area contributed by atoms with E-state index in [9.17, 15) is 13.2 Å². The van der Waals surface area contributed by atoms with Gasteiger partial charge in [0.2, 0.25) is 0 Å². The topological polar surface area (TPSA) is 43.8 Å². The summed E-state index contributed by atoms with van der Waals surface area (Å²) in [6.07, 6.45) is 2.87. The molecule has 0 aliphatic carbocycles. The van der Waals surface area contributed by atoms with Crippen LogP contribution in [0.15, 0.2) is 24.7 Å². The lowest BCUT2D eigenvalue weighted by molar-refractivity contribution is 0.445. The molecule has 18 heavy (non-hydrogen) atoms. The Balaban J connectivity index is 2.60. The van der Waals surface area contributed by atoms with E-state index in [0.29, 0.717) is 5.69 Å². The molecule has 1 aromatic heterocycles. The summed E-state index contributed by atoms with van der Waals surface area (Å²) in [4.78, 5) is 3.89. The van der Waals surface area contributed by atoms with Gasteiger partial charge >= 0.3 is 0 Å². The zero-order valence-corrected chi connectivity index (χ0v) is 9.92. The molecule has 0 saturated heterocycles. The molecule has 1 heterocycles. The fourth-order valence-corrected chi connectivity index (χ4v) is 1.66. The van der Waals surface area contributed by atoms with Gasteiger partial charge in [-0.05, 0) is 13.8 Å². The Bertz CT molecular complexity index is 561. The second-order valence-corrected chi connectivity index (χ2v) is 4.59. The highest BCUT2D eigenvalue weighted by atomic mass is 19.2. The smallest absolute Gasteiger partial charge is 0.194 e. The summed E-state index contributed by atoms with van der Waals surface area (Å²) in [6, 6.07) is 1.80. The van der Waals surface area contributed by atoms with Crippen LogP contribution in [0.1, 0.15) is 19.5 Å². The van der Waals surface area contributed by atoms with Gasteiger partial charge in [0.05, 0.1) is 29.4 Å². The number of nitrogens with two attached hydrogens (primary N) is 1. The zero-order valence-electron chi connectivity index (χ0n) is 9.92. The Morgan fingerprint density at radius 2 is 1.72 bits per heavy atom. The molecule has 0 spiro atoms. The molecule has 0 aliphatic heterocycles. The molecule has 1 aromatic carbocycles. The first-order valence-corrected chi connectivity index (χ1v) is 5.27. The maximum Gasteiger partial charge on any atom is 0.194 e. The van der Waals surface area contributed by atoms with Crippen LogP contribution in [-0.2, 0) is 5.54 Å². The molecule has 0 unspecified atom stereocenters. The average Bonchev–Trinajstić information content (AvgIpc) is 2.73. The molecule has 0 amide bonds. The first kappa shape index (κ1) is 12.6. The lowest BCUT2D eigenvalue weighted by atomic mass is 10.0. The second-order valence-electron chi connectivity index (χ2n) is 4.59. The Hall–Kier alpha value is -1.82. The van der Waals surface area contributed by atoms with Gasteiger partial charge in [-0.2, -0.15) is 0 Å². The molecule has 2 rings (SSSR count). The first-order chi connectivity index (χ1) is 8.30. The summed E-state index contributed by atoms with van der Waals surface area (Å²) >= 11 is 0. The van der Waals surface area contributed by atoms with E-state index in [2.05, 4.69) is 4.98 Å². The molecule has 0 saturated carbocycles. The molecule has 0 radical (unpaired) electrons. The van der Waals surface area contributed by atoms with Crippen LogP contribution in [-0.4, -0.2) is 9.55 Å². The molecule has 0 aliphatic rings. The molecule has 3 nitrogen and oxygen atoms in total. The van der Waals surface area contributed by atoms with Crippen LogP contribution < -0.4 is 5.73 Å². The molecule has 96 valence electrons. The molecule has 2 N–H and O–H groups in total. The van der Waals surface area contributed by atoms with Gasteiger partial charge in [0.15, 0.2) is 17.5 Å². The van der Waals surface area contributed by atoms with Crippen LogP contribution in [0.5, 0.6) is 0 Å². The average molecular weight is 255 g/mol. The van der Waals surface area contributed by atoms with Crippen LogP contribution in [0.4, 0.5) is 13.2 Å². The monoisotopic (exact) mass is 255 g/mol. The van der Waals surface area contributed by atoms with E-state index in [1.54, 1.807) is 13.8 Å². The van der Waals surface area contributed by atoms with Crippen LogP contribution in [0, 0.1) is 17.5 Å². The van der Waals surface area contributed by atoms with Crippen molar-refractivity contribution in [1.29, 1.82) is 0 Å². The predicted octanol–water partition coefficient (Wildman–Crippen LogP) is 2.48. The summed E-state index contributed by atoms with van der Waals surface area (Å²) < 4.78 is 40.7. The molecule has 0 bridgehead atoms. The molecule has 6 heteroatoms. The lowest BCUT2D eigenvalue weighted by Gasteiger charge is -2.20. The number of benzene rings is 1. The summed E-state index contributed by atoms with van der Waals surface area (Å²) in [5.74, 6) is -3.99. The second kappa shape index (κ2) is 4.13. The van der Waals surface area contributed by atoms with Gasteiger partial charge in [0.25, 0.3) is 0 Å². The quantitative estimate of drug-likeness (QED) is 0.838. The number of rotatable bonds is 2. The summed E-state index contributed by atoms with van der Waals surface area (Å²) in [5.41, 5.74) is 5.88. The van der Waals surface area contributed by atoms with E-state index in [1.807, 2.05) is 0 Å². The van der Waals surface area contributed by atoms with Crippen molar-refractivity contribution in [2.24, 2.45) is 5.73 Å². The minimum Gasteiger partial charge on any atom is -0.321 e. The van der Waals surface area contributed by atoms with Crippen LogP contribution in [0.3, 0.4) is 0 Å². The molecule has 0 fully saturated rings. The standard InChI is InChI=1S/C12H12F3N3/c1-12(2,16)10-5-17-6-18(10)7-3-8(13)11(15)9(14)4-7/h3-6H,16H2,1-2H3. The lowest BCUT2D eigenvalue weighted by Crippen LogP contribution is -2.31. The van der Waals surface area contributed by atoms with Gasteiger partial charge in [-0.25, -0.2) is 18.2 Å². The van der Waals surface area contributed by atoms with Gasteiger partial charge in [-0.3, -0.25) is 0 Å². The third-order valence-electron chi connectivity index (χ3n) is 2.55. The van der Waals surface area contributed by atoms with Crippen molar-refractivity contribution in [3.8, 4) is 5.69 Å². The van der Waals surface area contributed by atoms with Crippen LogP contribution >= 0.6 is 0 Å². The maximum absolute atomic E-state index is 13.2. The van der Waals surface area contributed by atoms with Gasteiger partial charge in [0, 0.05) is 12.1 Å². The summed E-state index contributed by atoms with van der Waals surface area (Å²) in [7, 11) is 0. The fraction of sp³-hybridized carbons (Fsp3) is 0.250.